The molecule has 1 saturated heterocycles. The number of rotatable bonds is 6. The summed E-state index contributed by atoms with van der Waals surface area (Å²) in [7, 11) is 2.35. The van der Waals surface area contributed by atoms with Crippen LogP contribution in [0.1, 0.15) is 36.0 Å². The number of ether oxygens (including phenoxy) is 1. The normalized spacial score (nSPS) is 26.0. The van der Waals surface area contributed by atoms with Crippen molar-refractivity contribution in [2.24, 2.45) is 12.5 Å². The lowest BCUT2D eigenvalue weighted by Crippen LogP contribution is -2.62. The Bertz CT molecular complexity index is 1360. The average Bonchev–Trinajstić information content (AvgIpc) is 2.77. The number of aromatic nitrogens is 3. The molecule has 11 heteroatoms. The Morgan fingerprint density at radius 3 is 2.65 bits per heavy atom. The third-order valence-electron chi connectivity index (χ3n) is 6.93. The first-order valence-electron chi connectivity index (χ1n) is 10.7. The molecule has 0 atom stereocenters. The van der Waals surface area contributed by atoms with Gasteiger partial charge in [-0.25, -0.2) is 23.1 Å². The van der Waals surface area contributed by atoms with Crippen LogP contribution in [-0.2, 0) is 34.7 Å². The van der Waals surface area contributed by atoms with E-state index in [-0.39, 0.29) is 23.1 Å². The van der Waals surface area contributed by atoms with Crippen LogP contribution >= 0.6 is 0 Å². The van der Waals surface area contributed by atoms with Crippen molar-refractivity contribution in [2.45, 2.75) is 31.4 Å². The first-order valence-corrected chi connectivity index (χ1v) is 12.2. The zero-order valence-electron chi connectivity index (χ0n) is 18.6. The number of halogens is 3. The van der Waals surface area contributed by atoms with Gasteiger partial charge in [0.25, 0.3) is 12.0 Å². The minimum Gasteiger partial charge on any atom is -0.373 e. The van der Waals surface area contributed by atoms with E-state index in [0.717, 1.165) is 6.07 Å². The highest BCUT2D eigenvalue weighted by Crippen LogP contribution is 2.60. The van der Waals surface area contributed by atoms with Gasteiger partial charge in [0.1, 0.15) is 23.6 Å². The molecular weight excluding hydrogens is 469 g/mol. The van der Waals surface area contributed by atoms with Gasteiger partial charge in [-0.1, -0.05) is 18.2 Å². The molecule has 2 aliphatic rings. The molecule has 2 fully saturated rings. The summed E-state index contributed by atoms with van der Waals surface area (Å²) in [5.41, 5.74) is -0.850. The lowest BCUT2D eigenvalue weighted by molar-refractivity contribution is -0.147. The highest BCUT2D eigenvalue weighted by Gasteiger charge is 2.62. The fourth-order valence-electron chi connectivity index (χ4n) is 5.27. The summed E-state index contributed by atoms with van der Waals surface area (Å²) in [6.07, 6.45) is -0.430. The van der Waals surface area contributed by atoms with Crippen molar-refractivity contribution in [1.82, 2.24) is 14.5 Å². The Kier molecular flexibility index (Phi) is 5.51. The molecule has 3 aromatic rings. The maximum absolute atomic E-state index is 14.5. The molecule has 5 rings (SSSR count). The van der Waals surface area contributed by atoms with Gasteiger partial charge in [-0.2, -0.15) is 0 Å². The molecule has 1 aliphatic heterocycles. The van der Waals surface area contributed by atoms with Crippen LogP contribution in [0.15, 0.2) is 35.4 Å². The van der Waals surface area contributed by atoms with Crippen LogP contribution in [0, 0.1) is 11.2 Å². The van der Waals surface area contributed by atoms with Crippen molar-refractivity contribution in [1.29, 1.82) is 0 Å². The van der Waals surface area contributed by atoms with Crippen molar-refractivity contribution < 1.29 is 22.1 Å². The maximum atomic E-state index is 14.5. The monoisotopic (exact) mass is 492 g/mol. The number of methoxy groups -OCH3 is 1. The van der Waals surface area contributed by atoms with E-state index in [1.54, 1.807) is 20.2 Å². The Balaban J connectivity index is 1.51. The second kappa shape index (κ2) is 8.16. The van der Waals surface area contributed by atoms with Crippen LogP contribution in [-0.4, -0.2) is 37.4 Å². The van der Waals surface area contributed by atoms with Crippen molar-refractivity contribution in [3.05, 3.63) is 63.5 Å². The molecule has 180 valence electrons. The van der Waals surface area contributed by atoms with E-state index in [2.05, 4.69) is 15.3 Å². The van der Waals surface area contributed by atoms with Gasteiger partial charge in [0, 0.05) is 48.6 Å². The van der Waals surface area contributed by atoms with Gasteiger partial charge < -0.3 is 10.1 Å². The largest absolute Gasteiger partial charge is 0.373 e. The minimum atomic E-state index is -2.92. The second-order valence-electron chi connectivity index (χ2n) is 9.14. The third kappa shape index (κ3) is 3.52. The first kappa shape index (κ1) is 23.0. The van der Waals surface area contributed by atoms with E-state index in [4.69, 9.17) is 4.74 Å². The Morgan fingerprint density at radius 2 is 2.00 bits per heavy atom. The van der Waals surface area contributed by atoms with E-state index in [1.165, 1.54) is 23.0 Å². The summed E-state index contributed by atoms with van der Waals surface area (Å²) < 4.78 is 59.5. The number of fused-ring (bicyclic) bond motifs is 1. The number of benzene rings is 1. The SMILES string of the molecule is COC1(c2cc3c(NCc4cccc(C(F)F)c4F)ncnc3n(C)c2=O)CC2(CS(=O)C2)C1. The molecule has 1 N–H and O–H groups in total. The lowest BCUT2D eigenvalue weighted by Gasteiger charge is -2.59. The number of nitrogens with zero attached hydrogens (tertiary/aromatic N) is 3. The van der Waals surface area contributed by atoms with Crippen molar-refractivity contribution in [3.8, 4) is 0 Å². The summed E-state index contributed by atoms with van der Waals surface area (Å²) in [5, 5.41) is 3.53. The second-order valence-corrected chi connectivity index (χ2v) is 10.6. The predicted molar refractivity (Wildman–Crippen MR) is 122 cm³/mol. The van der Waals surface area contributed by atoms with Gasteiger partial charge in [-0.05, 0) is 24.3 Å². The summed E-state index contributed by atoms with van der Waals surface area (Å²) >= 11 is 0. The van der Waals surface area contributed by atoms with Crippen molar-refractivity contribution >= 4 is 27.7 Å². The highest BCUT2D eigenvalue weighted by molar-refractivity contribution is 7.86. The van der Waals surface area contributed by atoms with E-state index >= 15 is 0 Å². The molecule has 34 heavy (non-hydrogen) atoms. The lowest BCUT2D eigenvalue weighted by atomic mass is 9.58. The van der Waals surface area contributed by atoms with E-state index in [0.29, 0.717) is 46.8 Å². The maximum Gasteiger partial charge on any atom is 0.266 e. The third-order valence-corrected chi connectivity index (χ3v) is 8.80. The van der Waals surface area contributed by atoms with E-state index in [1.807, 2.05) is 0 Å². The van der Waals surface area contributed by atoms with Crippen molar-refractivity contribution in [2.75, 3.05) is 23.9 Å². The molecule has 0 unspecified atom stereocenters. The van der Waals surface area contributed by atoms with Gasteiger partial charge in [-0.15, -0.1) is 0 Å². The van der Waals surface area contributed by atoms with Crippen LogP contribution in [0.2, 0.25) is 0 Å². The number of nitrogens with one attached hydrogen (secondary N) is 1. The number of hydrogen-bond acceptors (Lipinski definition) is 6. The van der Waals surface area contributed by atoms with Crippen LogP contribution in [0.25, 0.3) is 11.0 Å². The Labute approximate surface area is 195 Å². The number of aryl methyl sites for hydroxylation is 1. The van der Waals surface area contributed by atoms with Gasteiger partial charge in [0.2, 0.25) is 0 Å². The van der Waals surface area contributed by atoms with Gasteiger partial charge in [0.15, 0.2) is 0 Å². The molecule has 1 aliphatic carbocycles. The summed E-state index contributed by atoms with van der Waals surface area (Å²) in [6.45, 7) is -0.0823. The molecular formula is C23H23F3N4O3S. The molecule has 0 bridgehead atoms. The number of hydrogen-bond donors (Lipinski definition) is 1. The van der Waals surface area contributed by atoms with Crippen molar-refractivity contribution in [3.63, 3.8) is 0 Å². The molecule has 0 amide bonds. The number of alkyl halides is 2. The topological polar surface area (TPSA) is 86.1 Å². The molecule has 7 nitrogen and oxygen atoms in total. The van der Waals surface area contributed by atoms with Gasteiger partial charge in [0.05, 0.1) is 22.1 Å². The van der Waals surface area contributed by atoms with Crippen LogP contribution in [0.5, 0.6) is 0 Å². The number of anilines is 1. The fraction of sp³-hybridized carbons (Fsp3) is 0.435. The average molecular weight is 493 g/mol. The Morgan fingerprint density at radius 1 is 1.26 bits per heavy atom. The molecule has 1 saturated carbocycles. The fourth-order valence-corrected chi connectivity index (χ4v) is 6.96. The zero-order chi connectivity index (χ0) is 24.3. The molecule has 2 aromatic heterocycles. The van der Waals surface area contributed by atoms with Gasteiger partial charge >= 0.3 is 0 Å². The molecule has 1 spiro atoms. The quantitative estimate of drug-likeness (QED) is 0.568. The molecule has 1 aromatic carbocycles. The first-order chi connectivity index (χ1) is 16.2. The van der Waals surface area contributed by atoms with E-state index < -0.39 is 34.2 Å². The summed E-state index contributed by atoms with van der Waals surface area (Å²) in [6, 6.07) is 5.55. The minimum absolute atomic E-state index is 0.0532. The van der Waals surface area contributed by atoms with E-state index in [9.17, 15) is 22.2 Å². The number of pyridine rings is 1. The summed E-state index contributed by atoms with van der Waals surface area (Å²) in [4.78, 5) is 21.7. The molecule has 0 radical (unpaired) electrons. The molecule has 3 heterocycles. The highest BCUT2D eigenvalue weighted by atomic mass is 32.2. The van der Waals surface area contributed by atoms with Crippen LogP contribution < -0.4 is 10.9 Å². The zero-order valence-corrected chi connectivity index (χ0v) is 19.4. The van der Waals surface area contributed by atoms with Gasteiger partial charge in [-0.3, -0.25) is 13.6 Å². The van der Waals surface area contributed by atoms with Crippen LogP contribution in [0.4, 0.5) is 19.0 Å². The van der Waals surface area contributed by atoms with Crippen LogP contribution in [0.3, 0.4) is 0 Å². The summed E-state index contributed by atoms with van der Waals surface area (Å²) in [5.74, 6) is 0.609. The predicted octanol–water partition coefficient (Wildman–Crippen LogP) is 3.40. The smallest absolute Gasteiger partial charge is 0.266 e. The standard InChI is InChI=1S/C23H23F3N4O3S/c1-30-20-15(6-16(21(30)31)23(33-2)8-22(9-23)10-34(32)11-22)19(28-12-29-20)27-7-13-4-3-5-14(17(13)24)18(25)26/h3-6,12,18H,7-11H2,1-2H3,(H,27,28,29). The Hall–Kier alpha value is -2.79.